The molecule has 0 spiro atoms. The third kappa shape index (κ3) is 4.60. The Balaban J connectivity index is 1.76. The number of aliphatic hydroxyl groups is 1. The Morgan fingerprint density at radius 3 is 2.82 bits per heavy atom. The molecule has 2 N–H and O–H groups in total. The van der Waals surface area contributed by atoms with Crippen LogP contribution in [0.15, 0.2) is 18.2 Å². The highest BCUT2D eigenvalue weighted by atomic mass is 35.5. The van der Waals surface area contributed by atoms with E-state index in [9.17, 15) is 14.7 Å². The number of nitrogens with one attached hydrogen (secondary N) is 1. The molecular formula is C15H18Cl2N2O3. The lowest BCUT2D eigenvalue weighted by molar-refractivity contribution is -0.128. The Bertz CT molecular complexity index is 566. The smallest absolute Gasteiger partial charge is 0.222 e. The van der Waals surface area contributed by atoms with Crippen LogP contribution in [0.4, 0.5) is 0 Å². The number of rotatable bonds is 6. The molecule has 1 heterocycles. The van der Waals surface area contributed by atoms with Crippen molar-refractivity contribution < 1.29 is 14.7 Å². The maximum atomic E-state index is 11.8. The van der Waals surface area contributed by atoms with Crippen LogP contribution in [-0.4, -0.2) is 41.5 Å². The summed E-state index contributed by atoms with van der Waals surface area (Å²) in [5, 5.41) is 13.5. The Morgan fingerprint density at radius 1 is 1.41 bits per heavy atom. The molecule has 1 atom stereocenters. The number of hydrogen-bond donors (Lipinski definition) is 2. The van der Waals surface area contributed by atoms with Gasteiger partial charge in [-0.1, -0.05) is 29.3 Å². The normalized spacial score (nSPS) is 16.0. The quantitative estimate of drug-likeness (QED) is 0.830. The molecule has 0 aliphatic carbocycles. The van der Waals surface area contributed by atoms with Crippen LogP contribution in [0.5, 0.6) is 0 Å². The van der Waals surface area contributed by atoms with Crippen molar-refractivity contribution in [2.75, 3.05) is 19.6 Å². The molecule has 2 amide bonds. The van der Waals surface area contributed by atoms with Gasteiger partial charge in [-0.25, -0.2) is 0 Å². The first-order valence-corrected chi connectivity index (χ1v) is 7.90. The topological polar surface area (TPSA) is 69.6 Å². The van der Waals surface area contributed by atoms with Gasteiger partial charge < -0.3 is 15.3 Å². The Labute approximate surface area is 139 Å². The predicted octanol–water partition coefficient (Wildman–Crippen LogP) is 2.16. The van der Waals surface area contributed by atoms with Crippen molar-refractivity contribution in [1.82, 2.24) is 10.2 Å². The standard InChI is InChI=1S/C15H18Cl2N2O3/c16-10-3-4-11(12(17)8-10)13(20)9-18-14(21)5-7-19-6-1-2-15(19)22/h3-4,8,13,20H,1-2,5-7,9H2,(H,18,21). The van der Waals surface area contributed by atoms with E-state index in [1.165, 1.54) is 0 Å². The molecule has 7 heteroatoms. The van der Waals surface area contributed by atoms with Gasteiger partial charge in [0.1, 0.15) is 0 Å². The maximum absolute atomic E-state index is 11.8. The Hall–Kier alpha value is -1.30. The fraction of sp³-hybridized carbons (Fsp3) is 0.467. The summed E-state index contributed by atoms with van der Waals surface area (Å²) in [6.07, 6.45) is 0.748. The first kappa shape index (κ1) is 17.1. The lowest BCUT2D eigenvalue weighted by atomic mass is 10.1. The number of halogens is 2. The van der Waals surface area contributed by atoms with Crippen LogP contribution < -0.4 is 5.32 Å². The number of nitrogens with zero attached hydrogens (tertiary/aromatic N) is 1. The molecule has 5 nitrogen and oxygen atoms in total. The zero-order chi connectivity index (χ0) is 16.1. The minimum absolute atomic E-state index is 0.0636. The van der Waals surface area contributed by atoms with Crippen LogP contribution in [0.3, 0.4) is 0 Å². The fourth-order valence-electron chi connectivity index (χ4n) is 2.36. The molecule has 120 valence electrons. The van der Waals surface area contributed by atoms with E-state index < -0.39 is 6.10 Å². The molecular weight excluding hydrogens is 327 g/mol. The molecule has 0 bridgehead atoms. The van der Waals surface area contributed by atoms with Gasteiger partial charge in [0, 0.05) is 48.1 Å². The molecule has 2 rings (SSSR count). The number of hydrogen-bond acceptors (Lipinski definition) is 3. The number of benzene rings is 1. The number of likely N-dealkylation sites (tertiary alicyclic amines) is 1. The summed E-state index contributed by atoms with van der Waals surface area (Å²) in [5.41, 5.74) is 0.515. The summed E-state index contributed by atoms with van der Waals surface area (Å²) < 4.78 is 0. The average Bonchev–Trinajstić information content (AvgIpc) is 2.88. The van der Waals surface area contributed by atoms with Gasteiger partial charge in [0.05, 0.1) is 6.10 Å². The van der Waals surface area contributed by atoms with Crippen molar-refractivity contribution in [2.24, 2.45) is 0 Å². The number of carbonyl (C=O) groups excluding carboxylic acids is 2. The number of aliphatic hydroxyl groups excluding tert-OH is 1. The molecule has 1 fully saturated rings. The monoisotopic (exact) mass is 344 g/mol. The second-order valence-corrected chi connectivity index (χ2v) is 6.06. The van der Waals surface area contributed by atoms with Gasteiger partial charge in [-0.05, 0) is 18.6 Å². The van der Waals surface area contributed by atoms with Crippen LogP contribution in [0.1, 0.15) is 30.9 Å². The van der Waals surface area contributed by atoms with Crippen LogP contribution >= 0.6 is 23.2 Å². The highest BCUT2D eigenvalue weighted by molar-refractivity contribution is 6.35. The van der Waals surface area contributed by atoms with Crippen molar-refractivity contribution >= 4 is 35.0 Å². The van der Waals surface area contributed by atoms with E-state index in [1.54, 1.807) is 23.1 Å². The minimum Gasteiger partial charge on any atom is -0.387 e. The summed E-state index contributed by atoms with van der Waals surface area (Å²) in [6, 6.07) is 4.81. The third-order valence-electron chi connectivity index (χ3n) is 3.59. The second kappa shape index (κ2) is 7.81. The molecule has 1 aliphatic heterocycles. The summed E-state index contributed by atoms with van der Waals surface area (Å²) in [5.74, 6) is -0.107. The van der Waals surface area contributed by atoms with E-state index in [1.807, 2.05) is 0 Å². The molecule has 0 aromatic heterocycles. The van der Waals surface area contributed by atoms with Gasteiger partial charge in [0.25, 0.3) is 0 Å². The third-order valence-corrected chi connectivity index (χ3v) is 4.16. The second-order valence-electron chi connectivity index (χ2n) is 5.22. The first-order chi connectivity index (χ1) is 10.5. The molecule has 1 aliphatic rings. The molecule has 0 saturated carbocycles. The maximum Gasteiger partial charge on any atom is 0.222 e. The zero-order valence-electron chi connectivity index (χ0n) is 12.0. The number of amides is 2. The summed E-state index contributed by atoms with van der Waals surface area (Å²) in [7, 11) is 0. The summed E-state index contributed by atoms with van der Waals surface area (Å²) in [6.45, 7) is 1.20. The average molecular weight is 345 g/mol. The van der Waals surface area contributed by atoms with Crippen molar-refractivity contribution in [2.45, 2.75) is 25.4 Å². The van der Waals surface area contributed by atoms with Gasteiger partial charge in [-0.15, -0.1) is 0 Å². The lowest BCUT2D eigenvalue weighted by Gasteiger charge is -2.16. The van der Waals surface area contributed by atoms with E-state index in [-0.39, 0.29) is 24.8 Å². The van der Waals surface area contributed by atoms with E-state index in [4.69, 9.17) is 23.2 Å². The zero-order valence-corrected chi connectivity index (χ0v) is 13.5. The lowest BCUT2D eigenvalue weighted by Crippen LogP contribution is -2.33. The van der Waals surface area contributed by atoms with Gasteiger partial charge in [-0.3, -0.25) is 9.59 Å². The summed E-state index contributed by atoms with van der Waals surface area (Å²) >= 11 is 11.8. The van der Waals surface area contributed by atoms with Crippen LogP contribution in [-0.2, 0) is 9.59 Å². The van der Waals surface area contributed by atoms with E-state index in [0.29, 0.717) is 28.6 Å². The molecule has 0 radical (unpaired) electrons. The molecule has 1 aromatic rings. The van der Waals surface area contributed by atoms with Crippen molar-refractivity contribution in [3.63, 3.8) is 0 Å². The van der Waals surface area contributed by atoms with Gasteiger partial charge in [-0.2, -0.15) is 0 Å². The van der Waals surface area contributed by atoms with Crippen molar-refractivity contribution in [3.05, 3.63) is 33.8 Å². The Kier molecular flexibility index (Phi) is 6.06. The molecule has 22 heavy (non-hydrogen) atoms. The van der Waals surface area contributed by atoms with Crippen molar-refractivity contribution in [3.8, 4) is 0 Å². The van der Waals surface area contributed by atoms with E-state index in [0.717, 1.165) is 13.0 Å². The van der Waals surface area contributed by atoms with Crippen molar-refractivity contribution in [1.29, 1.82) is 0 Å². The Morgan fingerprint density at radius 2 is 2.18 bits per heavy atom. The van der Waals surface area contributed by atoms with Gasteiger partial charge >= 0.3 is 0 Å². The molecule has 1 aromatic carbocycles. The number of carbonyl (C=O) groups is 2. The highest BCUT2D eigenvalue weighted by Gasteiger charge is 2.20. The van der Waals surface area contributed by atoms with E-state index >= 15 is 0 Å². The van der Waals surface area contributed by atoms with Crippen LogP contribution in [0.25, 0.3) is 0 Å². The largest absolute Gasteiger partial charge is 0.387 e. The van der Waals surface area contributed by atoms with Gasteiger partial charge in [0.2, 0.25) is 11.8 Å². The van der Waals surface area contributed by atoms with E-state index in [2.05, 4.69) is 5.32 Å². The predicted molar refractivity (Wildman–Crippen MR) is 84.9 cm³/mol. The minimum atomic E-state index is -0.901. The molecule has 1 unspecified atom stereocenters. The SMILES string of the molecule is O=C(CCN1CCCC1=O)NCC(O)c1ccc(Cl)cc1Cl. The summed E-state index contributed by atoms with van der Waals surface area (Å²) in [4.78, 5) is 24.9. The van der Waals surface area contributed by atoms with Crippen LogP contribution in [0.2, 0.25) is 10.0 Å². The fourth-order valence-corrected chi connectivity index (χ4v) is 2.89. The van der Waals surface area contributed by atoms with Crippen LogP contribution in [0, 0.1) is 0 Å². The molecule has 1 saturated heterocycles. The highest BCUT2D eigenvalue weighted by Crippen LogP contribution is 2.25. The van der Waals surface area contributed by atoms with Gasteiger partial charge in [0.15, 0.2) is 0 Å². The first-order valence-electron chi connectivity index (χ1n) is 7.15.